The standard InChI is InChI=1S/C14H16ClNO4/c1-2-5-20-12-4-3-10(15)7-11(12)16-8-9(14(18)19)6-13(16)17/h3-4,7,9H,2,5-6,8H2,1H3,(H,18,19). The van der Waals surface area contributed by atoms with E-state index in [1.54, 1.807) is 18.2 Å². The van der Waals surface area contributed by atoms with Crippen LogP contribution in [0.4, 0.5) is 5.69 Å². The summed E-state index contributed by atoms with van der Waals surface area (Å²) >= 11 is 5.97. The van der Waals surface area contributed by atoms with Gasteiger partial charge in [0.05, 0.1) is 18.2 Å². The lowest BCUT2D eigenvalue weighted by Crippen LogP contribution is -2.26. The number of carboxylic acid groups (broad SMARTS) is 1. The summed E-state index contributed by atoms with van der Waals surface area (Å²) in [6.45, 7) is 2.66. The highest BCUT2D eigenvalue weighted by Crippen LogP contribution is 2.35. The van der Waals surface area contributed by atoms with Gasteiger partial charge in [-0.25, -0.2) is 0 Å². The fraction of sp³-hybridized carbons (Fsp3) is 0.429. The molecule has 1 unspecified atom stereocenters. The minimum atomic E-state index is -0.959. The molecular weight excluding hydrogens is 282 g/mol. The number of benzene rings is 1. The quantitative estimate of drug-likeness (QED) is 0.907. The van der Waals surface area contributed by atoms with Gasteiger partial charge in [-0.3, -0.25) is 9.59 Å². The molecule has 108 valence electrons. The molecule has 5 nitrogen and oxygen atoms in total. The van der Waals surface area contributed by atoms with Gasteiger partial charge in [0.1, 0.15) is 5.75 Å². The lowest BCUT2D eigenvalue weighted by Gasteiger charge is -2.20. The first-order valence-corrected chi connectivity index (χ1v) is 6.86. The topological polar surface area (TPSA) is 66.8 Å². The van der Waals surface area contributed by atoms with E-state index in [1.807, 2.05) is 6.92 Å². The summed E-state index contributed by atoms with van der Waals surface area (Å²) in [6.07, 6.45) is 0.850. The van der Waals surface area contributed by atoms with Crippen molar-refractivity contribution in [3.8, 4) is 5.75 Å². The van der Waals surface area contributed by atoms with Crippen LogP contribution in [0.25, 0.3) is 0 Å². The molecule has 0 bridgehead atoms. The van der Waals surface area contributed by atoms with E-state index in [1.165, 1.54) is 4.90 Å². The van der Waals surface area contributed by atoms with Gasteiger partial charge in [0.25, 0.3) is 0 Å². The van der Waals surface area contributed by atoms with E-state index in [0.29, 0.717) is 23.1 Å². The van der Waals surface area contributed by atoms with E-state index < -0.39 is 11.9 Å². The van der Waals surface area contributed by atoms with Crippen LogP contribution in [0.5, 0.6) is 5.75 Å². The average molecular weight is 298 g/mol. The Morgan fingerprint density at radius 2 is 2.30 bits per heavy atom. The molecule has 1 aromatic carbocycles. The number of aliphatic carboxylic acids is 1. The van der Waals surface area contributed by atoms with Gasteiger partial charge < -0.3 is 14.7 Å². The van der Waals surface area contributed by atoms with Gasteiger partial charge in [-0.05, 0) is 24.6 Å². The Morgan fingerprint density at radius 1 is 1.55 bits per heavy atom. The second-order valence-corrected chi connectivity index (χ2v) is 5.14. The van der Waals surface area contributed by atoms with Gasteiger partial charge in [-0.2, -0.15) is 0 Å². The first kappa shape index (κ1) is 14.7. The first-order valence-electron chi connectivity index (χ1n) is 6.48. The molecule has 1 aromatic rings. The molecule has 1 aliphatic heterocycles. The number of amides is 1. The number of anilines is 1. The lowest BCUT2D eigenvalue weighted by molar-refractivity contribution is -0.141. The van der Waals surface area contributed by atoms with Crippen LogP contribution in [0, 0.1) is 5.92 Å². The molecule has 0 aromatic heterocycles. The van der Waals surface area contributed by atoms with Gasteiger partial charge in [0.2, 0.25) is 5.91 Å². The van der Waals surface area contributed by atoms with Crippen LogP contribution in [0.3, 0.4) is 0 Å². The van der Waals surface area contributed by atoms with Gasteiger partial charge >= 0.3 is 5.97 Å². The number of nitrogens with zero attached hydrogens (tertiary/aromatic N) is 1. The predicted molar refractivity (Wildman–Crippen MR) is 75.3 cm³/mol. The zero-order valence-corrected chi connectivity index (χ0v) is 11.9. The predicted octanol–water partition coefficient (Wildman–Crippen LogP) is 2.57. The SMILES string of the molecule is CCCOc1ccc(Cl)cc1N1CC(C(=O)O)CC1=O. The van der Waals surface area contributed by atoms with Gasteiger partial charge in [0.15, 0.2) is 0 Å². The van der Waals surface area contributed by atoms with Crippen LogP contribution in [0.2, 0.25) is 5.02 Å². The molecule has 1 aliphatic rings. The number of carboxylic acids is 1. The maximum atomic E-state index is 12.0. The van der Waals surface area contributed by atoms with Crippen molar-refractivity contribution in [3.05, 3.63) is 23.2 Å². The zero-order chi connectivity index (χ0) is 14.7. The van der Waals surface area contributed by atoms with Crippen molar-refractivity contribution in [2.24, 2.45) is 5.92 Å². The van der Waals surface area contributed by atoms with Crippen molar-refractivity contribution in [2.45, 2.75) is 19.8 Å². The summed E-state index contributed by atoms with van der Waals surface area (Å²) in [4.78, 5) is 24.4. The van der Waals surface area contributed by atoms with Crippen LogP contribution in [0.1, 0.15) is 19.8 Å². The highest BCUT2D eigenvalue weighted by Gasteiger charge is 2.36. The summed E-state index contributed by atoms with van der Waals surface area (Å²) in [5, 5.41) is 9.51. The van der Waals surface area contributed by atoms with Crippen molar-refractivity contribution in [1.29, 1.82) is 0 Å². The Bertz CT molecular complexity index is 532. The largest absolute Gasteiger partial charge is 0.491 e. The van der Waals surface area contributed by atoms with Crippen LogP contribution >= 0.6 is 11.6 Å². The third-order valence-corrected chi connectivity index (χ3v) is 3.38. The van der Waals surface area contributed by atoms with Crippen LogP contribution < -0.4 is 9.64 Å². The molecule has 20 heavy (non-hydrogen) atoms. The van der Waals surface area contributed by atoms with Crippen LogP contribution in [-0.4, -0.2) is 30.1 Å². The van der Waals surface area contributed by atoms with E-state index >= 15 is 0 Å². The van der Waals surface area contributed by atoms with Crippen LogP contribution in [-0.2, 0) is 9.59 Å². The average Bonchev–Trinajstić information content (AvgIpc) is 2.79. The Hall–Kier alpha value is -1.75. The summed E-state index contributed by atoms with van der Waals surface area (Å²) in [7, 11) is 0. The summed E-state index contributed by atoms with van der Waals surface area (Å²) in [6, 6.07) is 5.02. The molecule has 0 radical (unpaired) electrons. The van der Waals surface area contributed by atoms with Gasteiger partial charge in [0, 0.05) is 18.0 Å². The molecule has 1 saturated heterocycles. The normalized spacial score (nSPS) is 18.4. The Balaban J connectivity index is 2.29. The molecule has 1 atom stereocenters. The number of hydrogen-bond acceptors (Lipinski definition) is 3. The number of halogens is 1. The lowest BCUT2D eigenvalue weighted by atomic mass is 10.1. The first-order chi connectivity index (χ1) is 9.52. The molecule has 1 N–H and O–H groups in total. The fourth-order valence-corrected chi connectivity index (χ4v) is 2.31. The second-order valence-electron chi connectivity index (χ2n) is 4.70. The molecule has 0 spiro atoms. The maximum absolute atomic E-state index is 12.0. The second kappa shape index (κ2) is 6.13. The van der Waals surface area contributed by atoms with E-state index in [0.717, 1.165) is 6.42 Å². The Morgan fingerprint density at radius 3 is 2.90 bits per heavy atom. The Kier molecular flexibility index (Phi) is 4.49. The van der Waals surface area contributed by atoms with Crippen LogP contribution in [0.15, 0.2) is 18.2 Å². The number of hydrogen-bond donors (Lipinski definition) is 1. The smallest absolute Gasteiger partial charge is 0.308 e. The van der Waals surface area contributed by atoms with Crippen molar-refractivity contribution < 1.29 is 19.4 Å². The van der Waals surface area contributed by atoms with Gasteiger partial charge in [-0.1, -0.05) is 18.5 Å². The van der Waals surface area contributed by atoms with E-state index in [2.05, 4.69) is 0 Å². The van der Waals surface area contributed by atoms with Crippen molar-refractivity contribution in [3.63, 3.8) is 0 Å². The monoisotopic (exact) mass is 297 g/mol. The molecule has 0 saturated carbocycles. The third-order valence-electron chi connectivity index (χ3n) is 3.15. The molecular formula is C14H16ClNO4. The summed E-state index contributed by atoms with van der Waals surface area (Å²) in [5.41, 5.74) is 0.541. The minimum absolute atomic E-state index is 0.00899. The molecule has 1 heterocycles. The maximum Gasteiger partial charge on any atom is 0.308 e. The molecule has 2 rings (SSSR count). The molecule has 1 fully saturated rings. The van der Waals surface area contributed by atoms with E-state index in [9.17, 15) is 9.59 Å². The summed E-state index contributed by atoms with van der Waals surface area (Å²) < 4.78 is 5.60. The third kappa shape index (κ3) is 3.04. The molecule has 6 heteroatoms. The highest BCUT2D eigenvalue weighted by molar-refractivity contribution is 6.31. The van der Waals surface area contributed by atoms with Crippen molar-refractivity contribution in [1.82, 2.24) is 0 Å². The number of carbonyl (C=O) groups is 2. The fourth-order valence-electron chi connectivity index (χ4n) is 2.14. The van der Waals surface area contributed by atoms with E-state index in [-0.39, 0.29) is 18.9 Å². The van der Waals surface area contributed by atoms with Gasteiger partial charge in [-0.15, -0.1) is 0 Å². The Labute approximate surface area is 122 Å². The summed E-state index contributed by atoms with van der Waals surface area (Å²) in [5.74, 6) is -1.31. The van der Waals surface area contributed by atoms with E-state index in [4.69, 9.17) is 21.4 Å². The molecule has 0 aliphatic carbocycles. The van der Waals surface area contributed by atoms with Crippen molar-refractivity contribution in [2.75, 3.05) is 18.1 Å². The zero-order valence-electron chi connectivity index (χ0n) is 11.1. The number of ether oxygens (including phenoxy) is 1. The number of rotatable bonds is 5. The highest BCUT2D eigenvalue weighted by atomic mass is 35.5. The number of carbonyl (C=O) groups excluding carboxylic acids is 1. The minimum Gasteiger partial charge on any atom is -0.491 e. The molecule has 1 amide bonds. The van der Waals surface area contributed by atoms with Crippen molar-refractivity contribution >= 4 is 29.2 Å².